The minimum absolute atomic E-state index is 0.0504. The van der Waals surface area contributed by atoms with E-state index in [1.807, 2.05) is 0 Å². The van der Waals surface area contributed by atoms with Crippen molar-refractivity contribution in [3.05, 3.63) is 78.0 Å². The molecule has 2 N–H and O–H groups in total. The third kappa shape index (κ3) is 7.28. The molecule has 6 rings (SSSR count). The monoisotopic (exact) mass is 646 g/mol. The van der Waals surface area contributed by atoms with E-state index in [2.05, 4.69) is 20.5 Å². The second kappa shape index (κ2) is 13.9. The number of hydrogen-bond donors (Lipinski definition) is 2. The maximum Gasteiger partial charge on any atom is 0.240 e. The number of carbonyl (C=O) groups excluding carboxylic acids is 2. The number of aromatic nitrogens is 1. The van der Waals surface area contributed by atoms with Crippen molar-refractivity contribution in [2.75, 3.05) is 57.2 Å². The lowest BCUT2D eigenvalue weighted by Gasteiger charge is -2.26. The average Bonchev–Trinajstić information content (AvgIpc) is 3.89. The summed E-state index contributed by atoms with van der Waals surface area (Å²) in [4.78, 5) is 32.9. The van der Waals surface area contributed by atoms with Gasteiger partial charge in [0.2, 0.25) is 11.8 Å². The first-order valence-corrected chi connectivity index (χ1v) is 15.5. The molecule has 47 heavy (non-hydrogen) atoms. The predicted octanol–water partition coefficient (Wildman–Crippen LogP) is 6.08. The molecule has 246 valence electrons. The highest BCUT2D eigenvalue weighted by atomic mass is 19.1. The lowest BCUT2D eigenvalue weighted by Crippen LogP contribution is -2.37. The topological polar surface area (TPSA) is 111 Å². The summed E-state index contributed by atoms with van der Waals surface area (Å²) >= 11 is 0. The number of ether oxygens (including phenoxy) is 4. The van der Waals surface area contributed by atoms with Crippen LogP contribution in [0.25, 0.3) is 10.9 Å². The number of halogens is 2. The standard InChI is InChI=1S/C35H36F2N4O6/c1-22-18-30(26(37)20-27(22)40-34(43)35(9-10-35)33(42)39-24-6-4-23(36)5-7-24)47-29-8-11-38-28-21-32(31(44-2)19-25(28)29)46-15-3-12-41-13-16-45-17-14-41/h4-8,11,18-21H,3,9-10,12-17H2,1-2H3,(H,39,42)(H,40,43). The largest absolute Gasteiger partial charge is 0.493 e. The number of anilines is 2. The summed E-state index contributed by atoms with van der Waals surface area (Å²) in [6.07, 6.45) is 3.09. The van der Waals surface area contributed by atoms with E-state index in [-0.39, 0.29) is 11.4 Å². The van der Waals surface area contributed by atoms with E-state index in [4.69, 9.17) is 18.9 Å². The first-order valence-electron chi connectivity index (χ1n) is 15.5. The molecule has 10 nitrogen and oxygen atoms in total. The maximum absolute atomic E-state index is 15.4. The van der Waals surface area contributed by atoms with Gasteiger partial charge in [0.05, 0.1) is 32.4 Å². The molecule has 4 aromatic rings. The molecule has 1 saturated carbocycles. The smallest absolute Gasteiger partial charge is 0.240 e. The van der Waals surface area contributed by atoms with E-state index < -0.39 is 28.9 Å². The number of carbonyl (C=O) groups is 2. The molecule has 2 amide bonds. The van der Waals surface area contributed by atoms with Crippen LogP contribution in [0.1, 0.15) is 24.8 Å². The van der Waals surface area contributed by atoms with Gasteiger partial charge in [0, 0.05) is 54.7 Å². The molecule has 1 saturated heterocycles. The lowest BCUT2D eigenvalue weighted by atomic mass is 10.0. The number of hydrogen-bond acceptors (Lipinski definition) is 8. The molecule has 1 aromatic heterocycles. The molecular weight excluding hydrogens is 610 g/mol. The van der Waals surface area contributed by atoms with Gasteiger partial charge >= 0.3 is 0 Å². The SMILES string of the molecule is COc1cc2c(Oc3cc(C)c(NC(=O)C4(C(=O)Nc5ccc(F)cc5)CC4)cc3F)ccnc2cc1OCCCN1CCOCC1. The zero-order chi connectivity index (χ0) is 33.0. The van der Waals surface area contributed by atoms with Gasteiger partial charge in [-0.25, -0.2) is 8.78 Å². The first-order chi connectivity index (χ1) is 22.8. The highest BCUT2D eigenvalue weighted by molar-refractivity contribution is 6.17. The zero-order valence-corrected chi connectivity index (χ0v) is 26.2. The van der Waals surface area contributed by atoms with Crippen LogP contribution in [0.15, 0.2) is 60.8 Å². The molecule has 0 radical (unpaired) electrons. The number of benzene rings is 3. The fourth-order valence-electron chi connectivity index (χ4n) is 5.48. The lowest BCUT2D eigenvalue weighted by molar-refractivity contribution is -0.131. The summed E-state index contributed by atoms with van der Waals surface area (Å²) < 4.78 is 51.7. The number of fused-ring (bicyclic) bond motifs is 1. The van der Waals surface area contributed by atoms with Crippen LogP contribution in [0.3, 0.4) is 0 Å². The Balaban J connectivity index is 1.13. The molecule has 1 aliphatic heterocycles. The van der Waals surface area contributed by atoms with Crippen LogP contribution in [0.5, 0.6) is 23.0 Å². The van der Waals surface area contributed by atoms with Gasteiger partial charge in [0.15, 0.2) is 23.1 Å². The Bertz CT molecular complexity index is 1770. The number of nitrogens with zero attached hydrogens (tertiary/aromatic N) is 2. The van der Waals surface area contributed by atoms with Crippen molar-refractivity contribution in [3.63, 3.8) is 0 Å². The Morgan fingerprint density at radius 3 is 2.40 bits per heavy atom. The van der Waals surface area contributed by atoms with Gasteiger partial charge in [0.1, 0.15) is 17.0 Å². The van der Waals surface area contributed by atoms with E-state index in [1.54, 1.807) is 38.4 Å². The summed E-state index contributed by atoms with van der Waals surface area (Å²) in [7, 11) is 1.55. The number of rotatable bonds is 12. The third-order valence-corrected chi connectivity index (χ3v) is 8.44. The van der Waals surface area contributed by atoms with Crippen LogP contribution in [0.4, 0.5) is 20.2 Å². The second-order valence-corrected chi connectivity index (χ2v) is 11.7. The molecule has 1 aliphatic carbocycles. The molecular formula is C35H36F2N4O6. The van der Waals surface area contributed by atoms with Crippen LogP contribution in [-0.4, -0.2) is 68.3 Å². The molecule has 0 atom stereocenters. The summed E-state index contributed by atoms with van der Waals surface area (Å²) in [5.74, 6) is -0.831. The van der Waals surface area contributed by atoms with E-state index in [1.165, 1.54) is 36.4 Å². The van der Waals surface area contributed by atoms with Crippen molar-refractivity contribution in [1.29, 1.82) is 0 Å². The van der Waals surface area contributed by atoms with Gasteiger partial charge in [-0.3, -0.25) is 19.5 Å². The molecule has 2 aliphatic rings. The Hall–Kier alpha value is -4.81. The summed E-state index contributed by atoms with van der Waals surface area (Å²) in [5, 5.41) is 5.97. The highest BCUT2D eigenvalue weighted by Crippen LogP contribution is 2.48. The van der Waals surface area contributed by atoms with Crippen molar-refractivity contribution >= 4 is 34.1 Å². The van der Waals surface area contributed by atoms with E-state index in [0.717, 1.165) is 39.3 Å². The Kier molecular flexibility index (Phi) is 9.50. The van der Waals surface area contributed by atoms with Gasteiger partial charge in [-0.1, -0.05) is 0 Å². The zero-order valence-electron chi connectivity index (χ0n) is 26.2. The van der Waals surface area contributed by atoms with Crippen molar-refractivity contribution in [3.8, 4) is 23.0 Å². The normalized spacial score (nSPS) is 15.6. The summed E-state index contributed by atoms with van der Waals surface area (Å²) in [6.45, 7) is 6.46. The van der Waals surface area contributed by atoms with Gasteiger partial charge in [0.25, 0.3) is 0 Å². The number of methoxy groups -OCH3 is 1. The van der Waals surface area contributed by atoms with E-state index in [9.17, 15) is 14.0 Å². The molecule has 2 heterocycles. The Morgan fingerprint density at radius 1 is 0.936 bits per heavy atom. The molecule has 3 aromatic carbocycles. The molecule has 2 fully saturated rings. The van der Waals surface area contributed by atoms with Gasteiger partial charge in [-0.05, 0) is 74.2 Å². The number of pyridine rings is 1. The number of aryl methyl sites for hydroxylation is 1. The van der Waals surface area contributed by atoms with E-state index >= 15 is 4.39 Å². The minimum atomic E-state index is -1.28. The third-order valence-electron chi connectivity index (χ3n) is 8.44. The number of morpholine rings is 1. The molecule has 0 unspecified atom stereocenters. The molecule has 12 heteroatoms. The van der Waals surface area contributed by atoms with Crippen LogP contribution in [-0.2, 0) is 14.3 Å². The van der Waals surface area contributed by atoms with Crippen molar-refractivity contribution in [1.82, 2.24) is 9.88 Å². The fraction of sp³-hybridized carbons (Fsp3) is 0.343. The first kappa shape index (κ1) is 32.1. The van der Waals surface area contributed by atoms with Crippen molar-refractivity contribution in [2.24, 2.45) is 5.41 Å². The number of amides is 2. The van der Waals surface area contributed by atoms with Crippen LogP contribution in [0, 0.1) is 24.0 Å². The fourth-order valence-corrected chi connectivity index (χ4v) is 5.48. The maximum atomic E-state index is 15.4. The Morgan fingerprint density at radius 2 is 1.68 bits per heavy atom. The van der Waals surface area contributed by atoms with Crippen LogP contribution >= 0.6 is 0 Å². The van der Waals surface area contributed by atoms with Crippen LogP contribution < -0.4 is 24.8 Å². The predicted molar refractivity (Wildman–Crippen MR) is 172 cm³/mol. The average molecular weight is 647 g/mol. The highest BCUT2D eigenvalue weighted by Gasteiger charge is 2.56. The summed E-state index contributed by atoms with van der Waals surface area (Å²) in [6, 6.07) is 13.1. The summed E-state index contributed by atoms with van der Waals surface area (Å²) in [5.41, 5.74) is 0.433. The quantitative estimate of drug-likeness (QED) is 0.141. The minimum Gasteiger partial charge on any atom is -0.493 e. The second-order valence-electron chi connectivity index (χ2n) is 11.7. The van der Waals surface area contributed by atoms with Gasteiger partial charge in [-0.15, -0.1) is 0 Å². The Labute approximate surface area is 271 Å². The van der Waals surface area contributed by atoms with Crippen molar-refractivity contribution < 1.29 is 37.3 Å². The van der Waals surface area contributed by atoms with Gasteiger partial charge < -0.3 is 29.6 Å². The van der Waals surface area contributed by atoms with Gasteiger partial charge in [-0.2, -0.15) is 0 Å². The van der Waals surface area contributed by atoms with Crippen LogP contribution in [0.2, 0.25) is 0 Å². The number of nitrogens with one attached hydrogen (secondary N) is 2. The van der Waals surface area contributed by atoms with Crippen molar-refractivity contribution in [2.45, 2.75) is 26.2 Å². The molecule has 0 spiro atoms. The molecule has 0 bridgehead atoms. The van der Waals surface area contributed by atoms with E-state index in [0.29, 0.717) is 58.9 Å².